The van der Waals surface area contributed by atoms with Crippen LogP contribution in [0.2, 0.25) is 0 Å². The molecule has 1 fully saturated rings. The van der Waals surface area contributed by atoms with Gasteiger partial charge in [0.05, 0.1) is 11.4 Å². The Labute approximate surface area is 161 Å². The molecule has 0 spiro atoms. The molecule has 0 unspecified atom stereocenters. The molecule has 1 N–H and O–H groups in total. The number of nitrogens with zero attached hydrogens (tertiary/aromatic N) is 2. The lowest BCUT2D eigenvalue weighted by Gasteiger charge is -2.15. The van der Waals surface area contributed by atoms with E-state index in [9.17, 15) is 9.59 Å². The maximum Gasteiger partial charge on any atom is 0.282 e. The molecule has 0 radical (unpaired) electrons. The van der Waals surface area contributed by atoms with Gasteiger partial charge in [0.2, 0.25) is 0 Å². The molecule has 6 heteroatoms. The Bertz CT molecular complexity index is 888. The lowest BCUT2D eigenvalue weighted by atomic mass is 10.1. The first-order chi connectivity index (χ1) is 12.4. The molecule has 26 heavy (non-hydrogen) atoms. The van der Waals surface area contributed by atoms with Crippen molar-refractivity contribution in [2.24, 2.45) is 0 Å². The zero-order chi connectivity index (χ0) is 18.8. The highest BCUT2D eigenvalue weighted by Crippen LogP contribution is 2.28. The van der Waals surface area contributed by atoms with Crippen LogP contribution < -0.4 is 15.3 Å². The van der Waals surface area contributed by atoms with Crippen molar-refractivity contribution in [2.45, 2.75) is 13.3 Å². The van der Waals surface area contributed by atoms with Gasteiger partial charge < -0.3 is 4.90 Å². The molecule has 2 aromatic carbocycles. The molecule has 2 aromatic rings. The van der Waals surface area contributed by atoms with Crippen LogP contribution >= 0.6 is 15.9 Å². The van der Waals surface area contributed by atoms with Crippen molar-refractivity contribution < 1.29 is 9.59 Å². The number of rotatable bonds is 4. The van der Waals surface area contributed by atoms with Gasteiger partial charge in [-0.05, 0) is 63.8 Å². The van der Waals surface area contributed by atoms with Gasteiger partial charge in [-0.15, -0.1) is 0 Å². The maximum atomic E-state index is 12.7. The van der Waals surface area contributed by atoms with Crippen LogP contribution in [0.4, 0.5) is 11.4 Å². The van der Waals surface area contributed by atoms with Gasteiger partial charge in [-0.3, -0.25) is 15.0 Å². The number of hydrazine groups is 1. The minimum absolute atomic E-state index is 0.120. The second-order valence-corrected chi connectivity index (χ2v) is 7.12. The number of anilines is 2. The number of carbonyl (C=O) groups is 2. The predicted molar refractivity (Wildman–Crippen MR) is 108 cm³/mol. The largest absolute Gasteiger partial charge is 0.377 e. The van der Waals surface area contributed by atoms with E-state index in [4.69, 9.17) is 0 Å². The van der Waals surface area contributed by atoms with E-state index in [-0.39, 0.29) is 11.5 Å². The molecule has 1 aliphatic rings. The molecule has 0 aromatic heterocycles. The highest BCUT2D eigenvalue weighted by molar-refractivity contribution is 9.10. The molecule has 1 aliphatic heterocycles. The molecule has 134 valence electrons. The average Bonchev–Trinajstić information content (AvgIpc) is 2.90. The standard InChI is InChI=1S/C20H20BrN3O2/c1-4-13-5-8-15(9-6-13)24-20(26)16(19(25)22-24)11-14-7-10-18(23(2)3)17(21)12-14/h5-12H,4H2,1-3H3,(H,22,25)/b16-11-. The maximum absolute atomic E-state index is 12.7. The van der Waals surface area contributed by atoms with E-state index in [1.807, 2.05) is 61.5 Å². The first kappa shape index (κ1) is 18.2. The quantitative estimate of drug-likeness (QED) is 0.615. The molecule has 5 nitrogen and oxygen atoms in total. The third-order valence-corrected chi connectivity index (χ3v) is 4.89. The third-order valence-electron chi connectivity index (χ3n) is 4.26. The fraction of sp³-hybridized carbons (Fsp3) is 0.200. The van der Waals surface area contributed by atoms with Crippen LogP contribution in [0.25, 0.3) is 6.08 Å². The second-order valence-electron chi connectivity index (χ2n) is 6.26. The number of aryl methyl sites for hydroxylation is 1. The van der Waals surface area contributed by atoms with E-state index in [0.29, 0.717) is 5.69 Å². The molecule has 0 aliphatic carbocycles. The summed E-state index contributed by atoms with van der Waals surface area (Å²) in [6, 6.07) is 13.3. The SMILES string of the molecule is CCc1ccc(N2NC(=O)/C(=C/c3ccc(N(C)C)c(Br)c3)C2=O)cc1. The molecule has 1 heterocycles. The highest BCUT2D eigenvalue weighted by atomic mass is 79.9. The van der Waals surface area contributed by atoms with Crippen LogP contribution in [-0.4, -0.2) is 25.9 Å². The van der Waals surface area contributed by atoms with Crippen molar-refractivity contribution in [3.8, 4) is 0 Å². The van der Waals surface area contributed by atoms with Gasteiger partial charge in [-0.1, -0.05) is 25.1 Å². The topological polar surface area (TPSA) is 52.7 Å². The molecule has 1 saturated heterocycles. The van der Waals surface area contributed by atoms with Crippen molar-refractivity contribution in [1.82, 2.24) is 5.43 Å². The lowest BCUT2D eigenvalue weighted by Crippen LogP contribution is -2.35. The Balaban J connectivity index is 1.88. The summed E-state index contributed by atoms with van der Waals surface area (Å²) in [4.78, 5) is 27.0. The minimum Gasteiger partial charge on any atom is -0.377 e. The summed E-state index contributed by atoms with van der Waals surface area (Å²) in [5.41, 5.74) is 6.37. The van der Waals surface area contributed by atoms with E-state index < -0.39 is 5.91 Å². The molecule has 0 bridgehead atoms. The van der Waals surface area contributed by atoms with Crippen molar-refractivity contribution in [1.29, 1.82) is 0 Å². The average molecular weight is 414 g/mol. The van der Waals surface area contributed by atoms with Gasteiger partial charge in [0.15, 0.2) is 0 Å². The van der Waals surface area contributed by atoms with Crippen LogP contribution in [0.1, 0.15) is 18.1 Å². The fourth-order valence-corrected chi connectivity index (χ4v) is 3.51. The van der Waals surface area contributed by atoms with Gasteiger partial charge >= 0.3 is 0 Å². The Kier molecular flexibility index (Phi) is 5.13. The van der Waals surface area contributed by atoms with E-state index >= 15 is 0 Å². The molecule has 2 amide bonds. The summed E-state index contributed by atoms with van der Waals surface area (Å²) < 4.78 is 0.898. The van der Waals surface area contributed by atoms with Gasteiger partial charge in [0.25, 0.3) is 11.8 Å². The first-order valence-corrected chi connectivity index (χ1v) is 9.13. The summed E-state index contributed by atoms with van der Waals surface area (Å²) in [7, 11) is 3.90. The first-order valence-electron chi connectivity index (χ1n) is 8.33. The Morgan fingerprint density at radius 2 is 1.81 bits per heavy atom. The molecule has 0 atom stereocenters. The number of hydrogen-bond donors (Lipinski definition) is 1. The van der Waals surface area contributed by atoms with Crippen LogP contribution in [0, 0.1) is 0 Å². The zero-order valence-electron chi connectivity index (χ0n) is 14.9. The summed E-state index contributed by atoms with van der Waals surface area (Å²) in [6.07, 6.45) is 2.53. The Hall–Kier alpha value is -2.60. The van der Waals surface area contributed by atoms with E-state index in [1.165, 1.54) is 10.6 Å². The summed E-state index contributed by atoms with van der Waals surface area (Å²) in [6.45, 7) is 2.07. The number of amides is 2. The minimum atomic E-state index is -0.401. The second kappa shape index (κ2) is 7.33. The smallest absolute Gasteiger partial charge is 0.282 e. The Morgan fingerprint density at radius 1 is 1.12 bits per heavy atom. The fourth-order valence-electron chi connectivity index (χ4n) is 2.76. The highest BCUT2D eigenvalue weighted by Gasteiger charge is 2.34. The van der Waals surface area contributed by atoms with Gasteiger partial charge in [-0.25, -0.2) is 5.01 Å². The number of nitrogens with one attached hydrogen (secondary N) is 1. The Morgan fingerprint density at radius 3 is 2.38 bits per heavy atom. The normalized spacial score (nSPS) is 15.5. The number of carbonyl (C=O) groups excluding carboxylic acids is 2. The lowest BCUT2D eigenvalue weighted by molar-refractivity contribution is -0.117. The zero-order valence-corrected chi connectivity index (χ0v) is 16.5. The summed E-state index contributed by atoms with van der Waals surface area (Å²) in [5, 5.41) is 1.29. The summed E-state index contributed by atoms with van der Waals surface area (Å²) in [5.74, 6) is -0.755. The predicted octanol–water partition coefficient (Wildman–Crippen LogP) is 3.54. The molecule has 3 rings (SSSR count). The van der Waals surface area contributed by atoms with Crippen molar-refractivity contribution >= 4 is 45.2 Å². The van der Waals surface area contributed by atoms with Crippen LogP contribution in [0.15, 0.2) is 52.5 Å². The van der Waals surface area contributed by atoms with Crippen LogP contribution in [-0.2, 0) is 16.0 Å². The molecular formula is C20H20BrN3O2. The van der Waals surface area contributed by atoms with Crippen LogP contribution in [0.5, 0.6) is 0 Å². The number of hydrogen-bond acceptors (Lipinski definition) is 3. The van der Waals surface area contributed by atoms with Gasteiger partial charge in [0.1, 0.15) is 5.57 Å². The third kappa shape index (κ3) is 3.51. The number of benzene rings is 2. The van der Waals surface area contributed by atoms with Crippen molar-refractivity contribution in [3.63, 3.8) is 0 Å². The van der Waals surface area contributed by atoms with Gasteiger partial charge in [0, 0.05) is 18.6 Å². The molecule has 0 saturated carbocycles. The van der Waals surface area contributed by atoms with Crippen molar-refractivity contribution in [3.05, 3.63) is 63.6 Å². The van der Waals surface area contributed by atoms with E-state index in [0.717, 1.165) is 22.1 Å². The van der Waals surface area contributed by atoms with Gasteiger partial charge in [-0.2, -0.15) is 0 Å². The molecular weight excluding hydrogens is 394 g/mol. The van der Waals surface area contributed by atoms with E-state index in [2.05, 4.69) is 28.3 Å². The number of halogens is 1. The van der Waals surface area contributed by atoms with E-state index in [1.54, 1.807) is 6.08 Å². The van der Waals surface area contributed by atoms with Crippen LogP contribution in [0.3, 0.4) is 0 Å². The monoisotopic (exact) mass is 413 g/mol. The summed E-state index contributed by atoms with van der Waals surface area (Å²) >= 11 is 3.52. The van der Waals surface area contributed by atoms with Crippen molar-refractivity contribution in [2.75, 3.05) is 24.0 Å².